The predicted molar refractivity (Wildman–Crippen MR) is 67.6 cm³/mol. The first kappa shape index (κ1) is 11.9. The Kier molecular flexibility index (Phi) is 3.96. The summed E-state index contributed by atoms with van der Waals surface area (Å²) in [4.78, 5) is 4.54. The molecule has 1 unspecified atom stereocenters. The zero-order valence-corrected chi connectivity index (χ0v) is 10.0. The Balaban J connectivity index is 1.88. The summed E-state index contributed by atoms with van der Waals surface area (Å²) in [5.74, 6) is 0.804. The Morgan fingerprint density at radius 2 is 2.12 bits per heavy atom. The molecule has 0 spiro atoms. The number of aryl methyl sites for hydroxylation is 1. The van der Waals surface area contributed by atoms with Crippen LogP contribution in [0.4, 0.5) is 0 Å². The number of rotatable bonds is 3. The molecule has 2 N–H and O–H groups in total. The lowest BCUT2D eigenvalue weighted by atomic mass is 10.0. The van der Waals surface area contributed by atoms with Crippen molar-refractivity contribution >= 4 is 5.84 Å². The molecular formula is C13H19N3O. The highest BCUT2D eigenvalue weighted by Crippen LogP contribution is 2.16. The monoisotopic (exact) mass is 233 g/mol. The molecule has 1 aromatic heterocycles. The molecule has 1 aliphatic heterocycles. The molecule has 0 aliphatic carbocycles. The molecule has 0 saturated heterocycles. The fourth-order valence-corrected chi connectivity index (χ4v) is 2.20. The van der Waals surface area contributed by atoms with Crippen molar-refractivity contribution < 1.29 is 4.73 Å². The second-order valence-corrected chi connectivity index (χ2v) is 4.62. The number of pyridine rings is 1. The summed E-state index contributed by atoms with van der Waals surface area (Å²) in [5, 5.41) is 10.9. The zero-order chi connectivity index (χ0) is 12.1. The van der Waals surface area contributed by atoms with Crippen LogP contribution < -0.4 is 10.5 Å². The van der Waals surface area contributed by atoms with Gasteiger partial charge in [0.15, 0.2) is 12.4 Å². The average Bonchev–Trinajstić information content (AvgIpc) is 2.53. The van der Waals surface area contributed by atoms with Crippen molar-refractivity contribution in [1.29, 1.82) is 0 Å². The van der Waals surface area contributed by atoms with Crippen molar-refractivity contribution in [3.63, 3.8) is 0 Å². The highest BCUT2D eigenvalue weighted by Gasteiger charge is 2.12. The van der Waals surface area contributed by atoms with Gasteiger partial charge < -0.3 is 10.9 Å². The number of amidine groups is 1. The van der Waals surface area contributed by atoms with Crippen molar-refractivity contribution in [3.05, 3.63) is 35.3 Å². The first-order valence-corrected chi connectivity index (χ1v) is 6.24. The molecule has 0 aromatic carbocycles. The molecule has 0 bridgehead atoms. The third-order valence-corrected chi connectivity index (χ3v) is 3.21. The SMILES string of the molecule is NC1=NC(CCc2cc[n+]([O-])cc2)CCCC1. The van der Waals surface area contributed by atoms with E-state index in [1.165, 1.54) is 12.0 Å². The van der Waals surface area contributed by atoms with E-state index in [1.807, 2.05) is 12.1 Å². The maximum Gasteiger partial charge on any atom is 0.180 e. The highest BCUT2D eigenvalue weighted by atomic mass is 16.5. The first-order chi connectivity index (χ1) is 8.24. The summed E-state index contributed by atoms with van der Waals surface area (Å²) < 4.78 is 0.811. The van der Waals surface area contributed by atoms with Crippen molar-refractivity contribution in [2.75, 3.05) is 0 Å². The molecule has 0 fully saturated rings. The van der Waals surface area contributed by atoms with Crippen LogP contribution in [-0.2, 0) is 6.42 Å². The molecule has 2 rings (SSSR count). The van der Waals surface area contributed by atoms with Gasteiger partial charge in [0.25, 0.3) is 0 Å². The second kappa shape index (κ2) is 5.66. The molecule has 0 radical (unpaired) electrons. The number of aromatic nitrogens is 1. The molecule has 2 heterocycles. The quantitative estimate of drug-likeness (QED) is 0.636. The molecule has 92 valence electrons. The minimum Gasteiger partial charge on any atom is -0.619 e. The number of nitrogens with zero attached hydrogens (tertiary/aromatic N) is 2. The topological polar surface area (TPSA) is 65.3 Å². The molecular weight excluding hydrogens is 214 g/mol. The predicted octanol–water partition coefficient (Wildman–Crippen LogP) is 1.55. The smallest absolute Gasteiger partial charge is 0.180 e. The Bertz CT molecular complexity index is 386. The minimum atomic E-state index is 0.358. The molecule has 4 heteroatoms. The summed E-state index contributed by atoms with van der Waals surface area (Å²) in [7, 11) is 0. The summed E-state index contributed by atoms with van der Waals surface area (Å²) in [6, 6.07) is 4.10. The highest BCUT2D eigenvalue weighted by molar-refractivity contribution is 5.80. The van der Waals surface area contributed by atoms with Crippen LogP contribution in [0.1, 0.15) is 37.7 Å². The van der Waals surface area contributed by atoms with Gasteiger partial charge in [-0.1, -0.05) is 6.42 Å². The van der Waals surface area contributed by atoms with Crippen LogP contribution in [0.15, 0.2) is 29.5 Å². The summed E-state index contributed by atoms with van der Waals surface area (Å²) in [5.41, 5.74) is 7.01. The normalized spacial score (nSPS) is 20.7. The molecule has 0 saturated carbocycles. The fourth-order valence-electron chi connectivity index (χ4n) is 2.20. The summed E-state index contributed by atoms with van der Waals surface area (Å²) in [6.07, 6.45) is 9.51. The van der Waals surface area contributed by atoms with Crippen LogP contribution in [0.3, 0.4) is 0 Å². The Hall–Kier alpha value is -1.58. The minimum absolute atomic E-state index is 0.358. The van der Waals surface area contributed by atoms with Gasteiger partial charge in [-0.25, -0.2) is 0 Å². The van der Waals surface area contributed by atoms with E-state index < -0.39 is 0 Å². The zero-order valence-electron chi connectivity index (χ0n) is 10.0. The standard InChI is InChI=1S/C13H19N3O/c14-13-4-2-1-3-12(15-13)6-5-11-7-9-16(17)10-8-11/h7-10,12H,1-6H2,(H2,14,15). The van der Waals surface area contributed by atoms with E-state index in [1.54, 1.807) is 12.4 Å². The van der Waals surface area contributed by atoms with Gasteiger partial charge in [0.05, 0.1) is 11.9 Å². The Morgan fingerprint density at radius 3 is 2.88 bits per heavy atom. The van der Waals surface area contributed by atoms with Crippen LogP contribution >= 0.6 is 0 Å². The van der Waals surface area contributed by atoms with Gasteiger partial charge in [-0.15, -0.1) is 0 Å². The first-order valence-electron chi connectivity index (χ1n) is 6.24. The van der Waals surface area contributed by atoms with Gasteiger partial charge in [-0.3, -0.25) is 4.99 Å². The lowest BCUT2D eigenvalue weighted by Crippen LogP contribution is -2.23. The number of aliphatic imine (C=N–C) groups is 1. The molecule has 17 heavy (non-hydrogen) atoms. The van der Waals surface area contributed by atoms with E-state index in [-0.39, 0.29) is 0 Å². The second-order valence-electron chi connectivity index (χ2n) is 4.62. The largest absolute Gasteiger partial charge is 0.619 e. The van der Waals surface area contributed by atoms with Crippen LogP contribution in [-0.4, -0.2) is 11.9 Å². The van der Waals surface area contributed by atoms with Crippen LogP contribution in [0.5, 0.6) is 0 Å². The summed E-state index contributed by atoms with van der Waals surface area (Å²) >= 11 is 0. The number of hydrogen-bond donors (Lipinski definition) is 1. The lowest BCUT2D eigenvalue weighted by molar-refractivity contribution is -0.605. The van der Waals surface area contributed by atoms with E-state index >= 15 is 0 Å². The molecule has 0 amide bonds. The van der Waals surface area contributed by atoms with Crippen LogP contribution in [0.2, 0.25) is 0 Å². The van der Waals surface area contributed by atoms with Gasteiger partial charge in [-0.05, 0) is 31.2 Å². The molecule has 1 aromatic rings. The van der Waals surface area contributed by atoms with Crippen LogP contribution in [0.25, 0.3) is 0 Å². The van der Waals surface area contributed by atoms with Gasteiger partial charge in [-0.2, -0.15) is 4.73 Å². The van der Waals surface area contributed by atoms with Crippen LogP contribution in [0, 0.1) is 5.21 Å². The third-order valence-electron chi connectivity index (χ3n) is 3.21. The maximum atomic E-state index is 10.9. The van der Waals surface area contributed by atoms with Crippen molar-refractivity contribution in [2.24, 2.45) is 10.7 Å². The molecule has 4 nitrogen and oxygen atoms in total. The van der Waals surface area contributed by atoms with E-state index in [9.17, 15) is 5.21 Å². The van der Waals surface area contributed by atoms with Crippen molar-refractivity contribution in [3.8, 4) is 0 Å². The number of nitrogens with two attached hydrogens (primary N) is 1. The van der Waals surface area contributed by atoms with E-state index in [4.69, 9.17) is 5.73 Å². The van der Waals surface area contributed by atoms with E-state index in [2.05, 4.69) is 4.99 Å². The fraction of sp³-hybridized carbons (Fsp3) is 0.538. The van der Waals surface area contributed by atoms with E-state index in [0.29, 0.717) is 6.04 Å². The van der Waals surface area contributed by atoms with Gasteiger partial charge in [0.1, 0.15) is 0 Å². The van der Waals surface area contributed by atoms with Crippen molar-refractivity contribution in [1.82, 2.24) is 0 Å². The Morgan fingerprint density at radius 1 is 1.35 bits per heavy atom. The molecule has 1 atom stereocenters. The average molecular weight is 233 g/mol. The van der Waals surface area contributed by atoms with Gasteiger partial charge >= 0.3 is 0 Å². The van der Waals surface area contributed by atoms with Gasteiger partial charge in [0, 0.05) is 18.6 Å². The lowest BCUT2D eigenvalue weighted by Gasteiger charge is -2.10. The third kappa shape index (κ3) is 3.73. The number of hydrogen-bond acceptors (Lipinski definition) is 3. The van der Waals surface area contributed by atoms with Gasteiger partial charge in [0.2, 0.25) is 0 Å². The molecule has 1 aliphatic rings. The Labute approximate surface area is 102 Å². The van der Waals surface area contributed by atoms with E-state index in [0.717, 1.165) is 42.7 Å². The maximum absolute atomic E-state index is 10.9. The summed E-state index contributed by atoms with van der Waals surface area (Å²) in [6.45, 7) is 0. The van der Waals surface area contributed by atoms with Crippen molar-refractivity contribution in [2.45, 2.75) is 44.6 Å².